The molecular formula is C19H30N4O6. The van der Waals surface area contributed by atoms with Crippen molar-refractivity contribution in [3.05, 3.63) is 0 Å². The highest BCUT2D eigenvalue weighted by atomic mass is 16.4. The maximum absolute atomic E-state index is 12.8. The summed E-state index contributed by atoms with van der Waals surface area (Å²) < 4.78 is 0. The molecule has 1 saturated heterocycles. The van der Waals surface area contributed by atoms with E-state index in [4.69, 9.17) is 5.11 Å². The third-order valence-electron chi connectivity index (χ3n) is 5.32. The number of hydrogen-bond acceptors (Lipinski definition) is 5. The van der Waals surface area contributed by atoms with E-state index >= 15 is 0 Å². The molecule has 2 rings (SSSR count). The van der Waals surface area contributed by atoms with Crippen molar-refractivity contribution in [3.63, 3.8) is 0 Å². The average Bonchev–Trinajstić information content (AvgIpc) is 3.38. The molecule has 0 radical (unpaired) electrons. The van der Waals surface area contributed by atoms with Gasteiger partial charge >= 0.3 is 6.09 Å². The highest BCUT2D eigenvalue weighted by molar-refractivity contribution is 5.92. The predicted octanol–water partition coefficient (Wildman–Crippen LogP) is -0.227. The second kappa shape index (κ2) is 10.2. The molecule has 1 aliphatic carbocycles. The predicted molar refractivity (Wildman–Crippen MR) is 103 cm³/mol. The fourth-order valence-corrected chi connectivity index (χ4v) is 3.46. The largest absolute Gasteiger partial charge is 0.465 e. The van der Waals surface area contributed by atoms with Crippen LogP contribution in [0.1, 0.15) is 46.0 Å². The van der Waals surface area contributed by atoms with E-state index in [1.807, 2.05) is 0 Å². The molecule has 0 spiro atoms. The van der Waals surface area contributed by atoms with Gasteiger partial charge in [0.25, 0.3) is 0 Å². The molecule has 2 fully saturated rings. The fourth-order valence-electron chi connectivity index (χ4n) is 3.46. The van der Waals surface area contributed by atoms with Crippen molar-refractivity contribution in [1.82, 2.24) is 21.3 Å². The molecule has 0 aromatic heterocycles. The first-order chi connectivity index (χ1) is 13.7. The van der Waals surface area contributed by atoms with Crippen LogP contribution in [0.5, 0.6) is 0 Å². The summed E-state index contributed by atoms with van der Waals surface area (Å²) in [6.45, 7) is 3.95. The zero-order valence-electron chi connectivity index (χ0n) is 16.8. The van der Waals surface area contributed by atoms with Crippen LogP contribution in [0, 0.1) is 17.8 Å². The van der Waals surface area contributed by atoms with E-state index in [1.165, 1.54) is 0 Å². The van der Waals surface area contributed by atoms with Crippen molar-refractivity contribution >= 4 is 30.1 Å². The zero-order valence-corrected chi connectivity index (χ0v) is 16.8. The topological polar surface area (TPSA) is 154 Å². The molecule has 0 bridgehead atoms. The van der Waals surface area contributed by atoms with Crippen molar-refractivity contribution in [2.45, 2.75) is 64.1 Å². The first-order valence-corrected chi connectivity index (χ1v) is 10.0. The molecule has 4 amide bonds. The van der Waals surface area contributed by atoms with Gasteiger partial charge in [0, 0.05) is 12.5 Å². The molecule has 1 heterocycles. The van der Waals surface area contributed by atoms with Crippen LogP contribution in [0.3, 0.4) is 0 Å². The molecule has 1 aliphatic heterocycles. The van der Waals surface area contributed by atoms with E-state index in [0.717, 1.165) is 12.8 Å². The summed E-state index contributed by atoms with van der Waals surface area (Å²) in [6, 6.07) is -2.69. The van der Waals surface area contributed by atoms with Gasteiger partial charge in [-0.15, -0.1) is 0 Å². The Bertz CT molecular complexity index is 649. The van der Waals surface area contributed by atoms with Gasteiger partial charge in [-0.3, -0.25) is 14.4 Å². The van der Waals surface area contributed by atoms with E-state index < -0.39 is 36.0 Å². The molecule has 10 nitrogen and oxygen atoms in total. The lowest BCUT2D eigenvalue weighted by molar-refractivity contribution is -0.132. The summed E-state index contributed by atoms with van der Waals surface area (Å²) in [5.74, 6) is -1.54. The molecule has 0 aromatic carbocycles. The van der Waals surface area contributed by atoms with Gasteiger partial charge in [0.15, 0.2) is 0 Å². The molecule has 29 heavy (non-hydrogen) atoms. The van der Waals surface area contributed by atoms with Crippen LogP contribution in [-0.2, 0) is 19.2 Å². The summed E-state index contributed by atoms with van der Waals surface area (Å²) in [7, 11) is 0. The third kappa shape index (κ3) is 7.03. The van der Waals surface area contributed by atoms with Gasteiger partial charge in [0.05, 0.1) is 6.04 Å². The number of hydrogen-bond donors (Lipinski definition) is 5. The van der Waals surface area contributed by atoms with Crippen LogP contribution in [0.2, 0.25) is 0 Å². The number of aldehydes is 1. The molecule has 162 valence electrons. The summed E-state index contributed by atoms with van der Waals surface area (Å²) in [5.41, 5.74) is 0. The van der Waals surface area contributed by atoms with Crippen molar-refractivity contribution < 1.29 is 29.1 Å². The Kier molecular flexibility index (Phi) is 7.98. The third-order valence-corrected chi connectivity index (χ3v) is 5.32. The Morgan fingerprint density at radius 2 is 1.79 bits per heavy atom. The van der Waals surface area contributed by atoms with Gasteiger partial charge in [0.1, 0.15) is 18.4 Å². The van der Waals surface area contributed by atoms with Crippen LogP contribution in [-0.4, -0.2) is 59.9 Å². The SMILES string of the molecule is CC(C)C(NC(=O)O)C(=O)NC(CC1CC1)C(=O)NC(C=O)C[C@@H]1CCNC1=O. The van der Waals surface area contributed by atoms with Gasteiger partial charge in [-0.05, 0) is 31.1 Å². The van der Waals surface area contributed by atoms with E-state index in [-0.39, 0.29) is 24.2 Å². The molecular weight excluding hydrogens is 380 g/mol. The number of amides is 4. The quantitative estimate of drug-likeness (QED) is 0.297. The zero-order chi connectivity index (χ0) is 21.6. The van der Waals surface area contributed by atoms with Crippen LogP contribution in [0.4, 0.5) is 4.79 Å². The summed E-state index contributed by atoms with van der Waals surface area (Å²) in [5, 5.41) is 19.1. The number of nitrogens with one attached hydrogen (secondary N) is 4. The standard InChI is InChI=1S/C19H30N4O6/c1-10(2)15(23-19(28)29)18(27)22-14(7-11-3-4-11)17(26)21-13(9-24)8-12-5-6-20-16(12)25/h9-15,23H,3-8H2,1-2H3,(H,20,25)(H,21,26)(H,22,27)(H,28,29)/t12-,13?,14?,15?/m0/s1. The Morgan fingerprint density at radius 3 is 2.28 bits per heavy atom. The van der Waals surface area contributed by atoms with Gasteiger partial charge in [0.2, 0.25) is 17.7 Å². The van der Waals surface area contributed by atoms with Crippen molar-refractivity contribution in [2.24, 2.45) is 17.8 Å². The minimum absolute atomic E-state index is 0.131. The van der Waals surface area contributed by atoms with Crippen molar-refractivity contribution in [2.75, 3.05) is 6.54 Å². The Hall–Kier alpha value is -2.65. The molecule has 2 aliphatic rings. The minimum atomic E-state index is -1.32. The second-order valence-corrected chi connectivity index (χ2v) is 8.17. The lowest BCUT2D eigenvalue weighted by Crippen LogP contribution is -2.56. The van der Waals surface area contributed by atoms with E-state index in [1.54, 1.807) is 13.8 Å². The van der Waals surface area contributed by atoms with Crippen LogP contribution < -0.4 is 21.3 Å². The van der Waals surface area contributed by atoms with Crippen LogP contribution >= 0.6 is 0 Å². The summed E-state index contributed by atoms with van der Waals surface area (Å²) in [4.78, 5) is 59.4. The Balaban J connectivity index is 2.00. The van der Waals surface area contributed by atoms with Gasteiger partial charge < -0.3 is 31.2 Å². The number of carbonyl (C=O) groups excluding carboxylic acids is 4. The molecule has 0 aromatic rings. The number of rotatable bonds is 11. The van der Waals surface area contributed by atoms with E-state index in [9.17, 15) is 24.0 Å². The first kappa shape index (κ1) is 22.6. The number of carbonyl (C=O) groups is 5. The van der Waals surface area contributed by atoms with Gasteiger partial charge in [-0.25, -0.2) is 4.79 Å². The smallest absolute Gasteiger partial charge is 0.405 e. The average molecular weight is 410 g/mol. The molecule has 10 heteroatoms. The lowest BCUT2D eigenvalue weighted by atomic mass is 9.98. The van der Waals surface area contributed by atoms with E-state index in [0.29, 0.717) is 31.6 Å². The maximum atomic E-state index is 12.8. The highest BCUT2D eigenvalue weighted by Crippen LogP contribution is 2.33. The second-order valence-electron chi connectivity index (χ2n) is 8.17. The fraction of sp³-hybridized carbons (Fsp3) is 0.737. The molecule has 3 unspecified atom stereocenters. The highest BCUT2D eigenvalue weighted by Gasteiger charge is 2.35. The molecule has 5 N–H and O–H groups in total. The lowest BCUT2D eigenvalue weighted by Gasteiger charge is -2.25. The van der Waals surface area contributed by atoms with Gasteiger partial charge in [-0.2, -0.15) is 0 Å². The molecule has 4 atom stereocenters. The Morgan fingerprint density at radius 1 is 1.10 bits per heavy atom. The monoisotopic (exact) mass is 410 g/mol. The van der Waals surface area contributed by atoms with Crippen LogP contribution in [0.15, 0.2) is 0 Å². The van der Waals surface area contributed by atoms with Gasteiger partial charge in [-0.1, -0.05) is 26.7 Å². The Labute approximate surface area is 169 Å². The molecule has 1 saturated carbocycles. The van der Waals surface area contributed by atoms with E-state index in [2.05, 4.69) is 21.3 Å². The van der Waals surface area contributed by atoms with Crippen molar-refractivity contribution in [1.29, 1.82) is 0 Å². The summed E-state index contributed by atoms with van der Waals surface area (Å²) >= 11 is 0. The summed E-state index contributed by atoms with van der Waals surface area (Å²) in [6.07, 6.45) is 2.43. The van der Waals surface area contributed by atoms with Crippen molar-refractivity contribution in [3.8, 4) is 0 Å². The number of carboxylic acid groups (broad SMARTS) is 1. The minimum Gasteiger partial charge on any atom is -0.465 e. The van der Waals surface area contributed by atoms with Crippen LogP contribution in [0.25, 0.3) is 0 Å². The first-order valence-electron chi connectivity index (χ1n) is 10.0. The normalized spacial score (nSPS) is 21.6. The maximum Gasteiger partial charge on any atom is 0.405 e.